The Kier molecular flexibility index (Phi) is 5.10. The van der Waals surface area contributed by atoms with E-state index in [0.29, 0.717) is 11.7 Å². The minimum Gasteiger partial charge on any atom is -0.338 e. The van der Waals surface area contributed by atoms with Gasteiger partial charge in [-0.25, -0.2) is 0 Å². The van der Waals surface area contributed by atoms with Gasteiger partial charge in [0.05, 0.1) is 6.54 Å². The standard InChI is InChI=1S/C17H23N5OS/c1-2-14(12-18-5-1)17-19-16(23-20-17)13-21-6-8-22(9-7-21)15-3-10-24-11-4-15/h1-2,5,12,15H,3-4,6-11,13H2. The van der Waals surface area contributed by atoms with E-state index in [1.807, 2.05) is 12.1 Å². The number of piperazine rings is 1. The lowest BCUT2D eigenvalue weighted by molar-refractivity contribution is 0.0816. The van der Waals surface area contributed by atoms with Crippen molar-refractivity contribution in [2.24, 2.45) is 0 Å². The van der Waals surface area contributed by atoms with Crippen molar-refractivity contribution >= 4 is 11.8 Å². The van der Waals surface area contributed by atoms with Crippen LogP contribution in [0.4, 0.5) is 0 Å². The van der Waals surface area contributed by atoms with Crippen LogP contribution < -0.4 is 0 Å². The molecule has 0 unspecified atom stereocenters. The molecule has 2 saturated heterocycles. The van der Waals surface area contributed by atoms with Crippen molar-refractivity contribution in [3.8, 4) is 11.4 Å². The van der Waals surface area contributed by atoms with E-state index in [0.717, 1.165) is 44.3 Å². The second kappa shape index (κ2) is 7.63. The molecule has 6 nitrogen and oxygen atoms in total. The largest absolute Gasteiger partial charge is 0.338 e. The van der Waals surface area contributed by atoms with Gasteiger partial charge in [0.1, 0.15) is 0 Å². The van der Waals surface area contributed by atoms with E-state index in [2.05, 4.69) is 36.7 Å². The van der Waals surface area contributed by atoms with Gasteiger partial charge in [-0.2, -0.15) is 16.7 Å². The van der Waals surface area contributed by atoms with E-state index in [4.69, 9.17) is 4.52 Å². The maximum absolute atomic E-state index is 5.42. The van der Waals surface area contributed by atoms with Crippen LogP contribution in [-0.4, -0.2) is 68.7 Å². The van der Waals surface area contributed by atoms with Gasteiger partial charge in [-0.3, -0.25) is 14.8 Å². The van der Waals surface area contributed by atoms with Gasteiger partial charge in [-0.05, 0) is 36.5 Å². The average Bonchev–Trinajstić information content (AvgIpc) is 3.12. The minimum atomic E-state index is 0.622. The normalized spacial score (nSPS) is 21.2. The lowest BCUT2D eigenvalue weighted by atomic mass is 10.1. The molecular formula is C17H23N5OS. The van der Waals surface area contributed by atoms with Crippen molar-refractivity contribution in [3.05, 3.63) is 30.4 Å². The molecule has 0 atom stereocenters. The number of aromatic nitrogens is 3. The lowest BCUT2D eigenvalue weighted by Gasteiger charge is -2.40. The Hall–Kier alpha value is -1.44. The maximum Gasteiger partial charge on any atom is 0.241 e. The Morgan fingerprint density at radius 1 is 1.17 bits per heavy atom. The first-order chi connectivity index (χ1) is 11.9. The quantitative estimate of drug-likeness (QED) is 0.841. The van der Waals surface area contributed by atoms with E-state index in [1.54, 1.807) is 12.4 Å². The van der Waals surface area contributed by atoms with Crippen LogP contribution in [0.25, 0.3) is 11.4 Å². The smallest absolute Gasteiger partial charge is 0.241 e. The summed E-state index contributed by atoms with van der Waals surface area (Å²) in [6, 6.07) is 4.63. The fraction of sp³-hybridized carbons (Fsp3) is 0.588. The molecule has 2 fully saturated rings. The Bertz CT molecular complexity index is 635. The Morgan fingerprint density at radius 2 is 2.00 bits per heavy atom. The van der Waals surface area contributed by atoms with E-state index < -0.39 is 0 Å². The molecule has 0 saturated carbocycles. The van der Waals surface area contributed by atoms with Gasteiger partial charge in [0.2, 0.25) is 11.7 Å². The van der Waals surface area contributed by atoms with E-state index >= 15 is 0 Å². The topological polar surface area (TPSA) is 58.3 Å². The van der Waals surface area contributed by atoms with Gasteiger partial charge in [0, 0.05) is 50.2 Å². The second-order valence-corrected chi connectivity index (χ2v) is 7.63. The van der Waals surface area contributed by atoms with Crippen LogP contribution in [0.15, 0.2) is 29.0 Å². The van der Waals surface area contributed by atoms with Crippen molar-refractivity contribution in [2.45, 2.75) is 25.4 Å². The van der Waals surface area contributed by atoms with Crippen LogP contribution in [0, 0.1) is 0 Å². The molecule has 2 aliphatic rings. The van der Waals surface area contributed by atoms with Crippen molar-refractivity contribution in [2.75, 3.05) is 37.7 Å². The Labute approximate surface area is 146 Å². The van der Waals surface area contributed by atoms with Crippen molar-refractivity contribution in [1.82, 2.24) is 24.9 Å². The van der Waals surface area contributed by atoms with Gasteiger partial charge in [0.15, 0.2) is 0 Å². The van der Waals surface area contributed by atoms with Crippen LogP contribution in [0.1, 0.15) is 18.7 Å². The Balaban J connectivity index is 1.30. The summed E-state index contributed by atoms with van der Waals surface area (Å²) in [6.07, 6.45) is 6.20. The first-order valence-electron chi connectivity index (χ1n) is 8.65. The molecule has 0 aromatic carbocycles. The summed E-state index contributed by atoms with van der Waals surface area (Å²) < 4.78 is 5.42. The molecule has 24 heavy (non-hydrogen) atoms. The van der Waals surface area contributed by atoms with Gasteiger partial charge >= 0.3 is 0 Å². The van der Waals surface area contributed by atoms with E-state index in [-0.39, 0.29) is 0 Å². The van der Waals surface area contributed by atoms with Gasteiger partial charge < -0.3 is 4.52 Å². The van der Waals surface area contributed by atoms with Crippen molar-refractivity contribution in [3.63, 3.8) is 0 Å². The third-order valence-corrected chi connectivity index (χ3v) is 5.91. The molecule has 2 aliphatic heterocycles. The molecule has 2 aromatic heterocycles. The summed E-state index contributed by atoms with van der Waals surface area (Å²) in [7, 11) is 0. The fourth-order valence-corrected chi connectivity index (χ4v) is 4.54. The molecular weight excluding hydrogens is 322 g/mol. The maximum atomic E-state index is 5.42. The third kappa shape index (κ3) is 3.79. The molecule has 0 amide bonds. The number of hydrogen-bond donors (Lipinski definition) is 0. The van der Waals surface area contributed by atoms with Crippen LogP contribution in [-0.2, 0) is 6.54 Å². The van der Waals surface area contributed by atoms with E-state index in [1.165, 1.54) is 24.3 Å². The summed E-state index contributed by atoms with van der Waals surface area (Å²) in [5.74, 6) is 3.96. The fourth-order valence-electron chi connectivity index (χ4n) is 3.46. The molecule has 2 aromatic rings. The molecule has 0 bridgehead atoms. The van der Waals surface area contributed by atoms with Crippen molar-refractivity contribution < 1.29 is 4.52 Å². The zero-order valence-electron chi connectivity index (χ0n) is 13.8. The number of hydrogen-bond acceptors (Lipinski definition) is 7. The van der Waals surface area contributed by atoms with E-state index in [9.17, 15) is 0 Å². The molecule has 4 rings (SSSR count). The first-order valence-corrected chi connectivity index (χ1v) is 9.81. The third-order valence-electron chi connectivity index (χ3n) is 4.86. The highest BCUT2D eigenvalue weighted by Crippen LogP contribution is 2.23. The Morgan fingerprint density at radius 3 is 2.75 bits per heavy atom. The van der Waals surface area contributed by atoms with Crippen molar-refractivity contribution in [1.29, 1.82) is 0 Å². The van der Waals surface area contributed by atoms with Crippen LogP contribution in [0.2, 0.25) is 0 Å². The SMILES string of the molecule is c1cncc(-c2noc(CN3CCN(C4CCSCC4)CC3)n2)c1. The highest BCUT2D eigenvalue weighted by molar-refractivity contribution is 7.99. The predicted molar refractivity (Wildman–Crippen MR) is 94.7 cm³/mol. The summed E-state index contributed by atoms with van der Waals surface area (Å²) in [5, 5.41) is 4.07. The number of pyridine rings is 1. The summed E-state index contributed by atoms with van der Waals surface area (Å²) in [6.45, 7) is 5.20. The lowest BCUT2D eigenvalue weighted by Crippen LogP contribution is -2.50. The van der Waals surface area contributed by atoms with Gasteiger partial charge in [-0.1, -0.05) is 5.16 Å². The van der Waals surface area contributed by atoms with Crippen LogP contribution >= 0.6 is 11.8 Å². The number of thioether (sulfide) groups is 1. The number of rotatable bonds is 4. The molecule has 0 spiro atoms. The average molecular weight is 345 g/mol. The van der Waals surface area contributed by atoms with Gasteiger partial charge in [0.25, 0.3) is 0 Å². The second-order valence-electron chi connectivity index (χ2n) is 6.41. The predicted octanol–water partition coefficient (Wildman–Crippen LogP) is 2.14. The summed E-state index contributed by atoms with van der Waals surface area (Å²) in [4.78, 5) is 13.7. The summed E-state index contributed by atoms with van der Waals surface area (Å²) in [5.41, 5.74) is 0.896. The summed E-state index contributed by atoms with van der Waals surface area (Å²) >= 11 is 2.10. The number of nitrogens with zero attached hydrogens (tertiary/aromatic N) is 5. The van der Waals surface area contributed by atoms with Crippen LogP contribution in [0.5, 0.6) is 0 Å². The molecule has 0 N–H and O–H groups in total. The molecule has 4 heterocycles. The highest BCUT2D eigenvalue weighted by Gasteiger charge is 2.26. The zero-order chi connectivity index (χ0) is 16.2. The minimum absolute atomic E-state index is 0.622. The molecule has 0 radical (unpaired) electrons. The molecule has 7 heteroatoms. The van der Waals surface area contributed by atoms with Gasteiger partial charge in [-0.15, -0.1) is 0 Å². The molecule has 128 valence electrons. The highest BCUT2D eigenvalue weighted by atomic mass is 32.2. The zero-order valence-corrected chi connectivity index (χ0v) is 14.6. The first kappa shape index (κ1) is 16.1. The van der Waals surface area contributed by atoms with Crippen LogP contribution in [0.3, 0.4) is 0 Å². The monoisotopic (exact) mass is 345 g/mol. The molecule has 0 aliphatic carbocycles.